The molecule has 0 saturated carbocycles. The summed E-state index contributed by atoms with van der Waals surface area (Å²) in [5, 5.41) is 0.665. The van der Waals surface area contributed by atoms with E-state index in [9.17, 15) is 0 Å². The molecule has 1 aromatic carbocycles. The number of hydrogen-bond donors (Lipinski definition) is 1. The lowest BCUT2D eigenvalue weighted by molar-refractivity contribution is 0.215. The van der Waals surface area contributed by atoms with Crippen molar-refractivity contribution in [1.29, 1.82) is 0 Å². The molecule has 0 bridgehead atoms. The van der Waals surface area contributed by atoms with Crippen LogP contribution in [0.15, 0.2) is 18.2 Å². The largest absolute Gasteiger partial charge is 0.489 e. The number of halogens is 1. The molecule has 3 heteroatoms. The van der Waals surface area contributed by atoms with Crippen molar-refractivity contribution < 1.29 is 4.74 Å². The summed E-state index contributed by atoms with van der Waals surface area (Å²) in [6.07, 6.45) is 1.92. The zero-order valence-corrected chi connectivity index (χ0v) is 10.9. The van der Waals surface area contributed by atoms with E-state index in [2.05, 4.69) is 6.92 Å². The maximum atomic E-state index is 6.15. The SMILES string of the molecule is CCC(C)Oc1c(Cl)cccc1CC(C)N. The molecular formula is C13H20ClNO. The first-order chi connectivity index (χ1) is 7.54. The molecule has 0 heterocycles. The van der Waals surface area contributed by atoms with Gasteiger partial charge in [0.15, 0.2) is 0 Å². The van der Waals surface area contributed by atoms with Gasteiger partial charge in [0.05, 0.1) is 11.1 Å². The Kier molecular flexibility index (Phi) is 5.10. The van der Waals surface area contributed by atoms with Gasteiger partial charge in [0.2, 0.25) is 0 Å². The average molecular weight is 242 g/mol. The van der Waals surface area contributed by atoms with E-state index in [0.717, 1.165) is 24.2 Å². The van der Waals surface area contributed by atoms with Gasteiger partial charge in [-0.1, -0.05) is 30.7 Å². The number of para-hydroxylation sites is 1. The first kappa shape index (κ1) is 13.3. The predicted octanol–water partition coefficient (Wildman–Crippen LogP) is 3.41. The van der Waals surface area contributed by atoms with Crippen molar-refractivity contribution in [2.45, 2.75) is 45.8 Å². The van der Waals surface area contributed by atoms with Crippen LogP contribution in [0.2, 0.25) is 5.02 Å². The van der Waals surface area contributed by atoms with Gasteiger partial charge in [-0.25, -0.2) is 0 Å². The lowest BCUT2D eigenvalue weighted by Crippen LogP contribution is -2.19. The first-order valence-electron chi connectivity index (χ1n) is 5.74. The van der Waals surface area contributed by atoms with E-state index in [0.29, 0.717) is 5.02 Å². The van der Waals surface area contributed by atoms with Crippen LogP contribution in [0.25, 0.3) is 0 Å². The highest BCUT2D eigenvalue weighted by atomic mass is 35.5. The van der Waals surface area contributed by atoms with E-state index in [1.165, 1.54) is 0 Å². The summed E-state index contributed by atoms with van der Waals surface area (Å²) < 4.78 is 5.84. The maximum absolute atomic E-state index is 6.15. The molecular weight excluding hydrogens is 222 g/mol. The van der Waals surface area contributed by atoms with Crippen molar-refractivity contribution >= 4 is 11.6 Å². The minimum absolute atomic E-state index is 0.109. The fraction of sp³-hybridized carbons (Fsp3) is 0.538. The summed E-state index contributed by atoms with van der Waals surface area (Å²) in [4.78, 5) is 0. The lowest BCUT2D eigenvalue weighted by atomic mass is 10.1. The third kappa shape index (κ3) is 3.69. The minimum atomic E-state index is 0.109. The topological polar surface area (TPSA) is 35.2 Å². The van der Waals surface area contributed by atoms with Crippen molar-refractivity contribution in [1.82, 2.24) is 0 Å². The smallest absolute Gasteiger partial charge is 0.141 e. The van der Waals surface area contributed by atoms with Crippen molar-refractivity contribution in [2.24, 2.45) is 5.73 Å². The van der Waals surface area contributed by atoms with Crippen LogP contribution in [0.3, 0.4) is 0 Å². The Bertz CT molecular complexity index is 339. The van der Waals surface area contributed by atoms with Crippen LogP contribution >= 0.6 is 11.6 Å². The van der Waals surface area contributed by atoms with E-state index in [1.807, 2.05) is 32.0 Å². The number of hydrogen-bond acceptors (Lipinski definition) is 2. The van der Waals surface area contributed by atoms with E-state index in [-0.39, 0.29) is 12.1 Å². The summed E-state index contributed by atoms with van der Waals surface area (Å²) in [5.74, 6) is 0.788. The second kappa shape index (κ2) is 6.12. The molecule has 0 saturated heterocycles. The summed E-state index contributed by atoms with van der Waals surface area (Å²) in [5.41, 5.74) is 6.89. The number of nitrogens with two attached hydrogens (primary N) is 1. The molecule has 0 radical (unpaired) electrons. The van der Waals surface area contributed by atoms with Crippen LogP contribution in [0.5, 0.6) is 5.75 Å². The highest BCUT2D eigenvalue weighted by Crippen LogP contribution is 2.30. The molecule has 0 fully saturated rings. The fourth-order valence-electron chi connectivity index (χ4n) is 1.48. The zero-order valence-electron chi connectivity index (χ0n) is 10.2. The second-order valence-electron chi connectivity index (χ2n) is 4.25. The molecule has 16 heavy (non-hydrogen) atoms. The van der Waals surface area contributed by atoms with Gasteiger partial charge >= 0.3 is 0 Å². The Morgan fingerprint density at radius 1 is 1.38 bits per heavy atom. The molecule has 2 nitrogen and oxygen atoms in total. The summed E-state index contributed by atoms with van der Waals surface area (Å²) in [6, 6.07) is 5.92. The monoisotopic (exact) mass is 241 g/mol. The highest BCUT2D eigenvalue weighted by molar-refractivity contribution is 6.32. The molecule has 0 aliphatic rings. The van der Waals surface area contributed by atoms with Crippen molar-refractivity contribution in [3.63, 3.8) is 0 Å². The highest BCUT2D eigenvalue weighted by Gasteiger charge is 2.12. The Labute approximate surface area is 103 Å². The summed E-state index contributed by atoms with van der Waals surface area (Å²) in [6.45, 7) is 6.11. The Morgan fingerprint density at radius 3 is 2.62 bits per heavy atom. The van der Waals surface area contributed by atoms with Gasteiger partial charge in [0.25, 0.3) is 0 Å². The zero-order chi connectivity index (χ0) is 12.1. The summed E-state index contributed by atoms with van der Waals surface area (Å²) in [7, 11) is 0. The standard InChI is InChI=1S/C13H20ClNO/c1-4-10(3)16-13-11(8-9(2)15)6-5-7-12(13)14/h5-7,9-10H,4,8,15H2,1-3H3. The molecule has 1 aromatic rings. The van der Waals surface area contributed by atoms with E-state index in [4.69, 9.17) is 22.1 Å². The van der Waals surface area contributed by atoms with Gasteiger partial charge in [-0.05, 0) is 38.3 Å². The van der Waals surface area contributed by atoms with Crippen LogP contribution in [0, 0.1) is 0 Å². The molecule has 1 rings (SSSR count). The third-order valence-corrected chi connectivity index (χ3v) is 2.78. The Morgan fingerprint density at radius 2 is 2.06 bits per heavy atom. The molecule has 2 unspecified atom stereocenters. The lowest BCUT2D eigenvalue weighted by Gasteiger charge is -2.18. The number of benzene rings is 1. The second-order valence-corrected chi connectivity index (χ2v) is 4.65. The van der Waals surface area contributed by atoms with Crippen LogP contribution in [0.1, 0.15) is 32.8 Å². The van der Waals surface area contributed by atoms with Crippen molar-refractivity contribution in [3.8, 4) is 5.75 Å². The molecule has 90 valence electrons. The van der Waals surface area contributed by atoms with Gasteiger partial charge in [-0.15, -0.1) is 0 Å². The molecule has 0 spiro atoms. The minimum Gasteiger partial charge on any atom is -0.489 e. The van der Waals surface area contributed by atoms with Crippen LogP contribution in [0.4, 0.5) is 0 Å². The molecule has 2 atom stereocenters. The molecule has 0 amide bonds. The number of ether oxygens (including phenoxy) is 1. The van der Waals surface area contributed by atoms with Crippen molar-refractivity contribution in [3.05, 3.63) is 28.8 Å². The molecule has 0 aromatic heterocycles. The molecule has 0 aliphatic carbocycles. The van der Waals surface area contributed by atoms with Crippen LogP contribution in [-0.4, -0.2) is 12.1 Å². The normalized spacial score (nSPS) is 14.6. The van der Waals surface area contributed by atoms with Crippen LogP contribution < -0.4 is 10.5 Å². The molecule has 0 aliphatic heterocycles. The Balaban J connectivity index is 2.94. The van der Waals surface area contributed by atoms with Gasteiger partial charge in [-0.2, -0.15) is 0 Å². The van der Waals surface area contributed by atoms with E-state index in [1.54, 1.807) is 0 Å². The van der Waals surface area contributed by atoms with Gasteiger partial charge in [-0.3, -0.25) is 0 Å². The number of rotatable bonds is 5. The summed E-state index contributed by atoms with van der Waals surface area (Å²) >= 11 is 6.15. The first-order valence-corrected chi connectivity index (χ1v) is 6.12. The third-order valence-electron chi connectivity index (χ3n) is 2.48. The van der Waals surface area contributed by atoms with Crippen LogP contribution in [-0.2, 0) is 6.42 Å². The van der Waals surface area contributed by atoms with E-state index < -0.39 is 0 Å². The predicted molar refractivity (Wildman–Crippen MR) is 69.2 cm³/mol. The molecule has 2 N–H and O–H groups in total. The van der Waals surface area contributed by atoms with E-state index >= 15 is 0 Å². The van der Waals surface area contributed by atoms with Gasteiger partial charge < -0.3 is 10.5 Å². The maximum Gasteiger partial charge on any atom is 0.141 e. The van der Waals surface area contributed by atoms with Gasteiger partial charge in [0, 0.05) is 6.04 Å². The van der Waals surface area contributed by atoms with Gasteiger partial charge in [0.1, 0.15) is 5.75 Å². The average Bonchev–Trinajstić information content (AvgIpc) is 2.22. The Hall–Kier alpha value is -0.730. The van der Waals surface area contributed by atoms with Crippen molar-refractivity contribution in [2.75, 3.05) is 0 Å². The fourth-order valence-corrected chi connectivity index (χ4v) is 1.72. The quantitative estimate of drug-likeness (QED) is 0.858.